The average molecular weight is 342 g/mol. The summed E-state index contributed by atoms with van der Waals surface area (Å²) in [6.07, 6.45) is 0. The Morgan fingerprint density at radius 1 is 1.08 bits per heavy atom. The number of amides is 1. The summed E-state index contributed by atoms with van der Waals surface area (Å²) in [5.41, 5.74) is 2.79. The van der Waals surface area contributed by atoms with E-state index in [1.165, 1.54) is 11.6 Å². The van der Waals surface area contributed by atoms with Crippen molar-refractivity contribution < 1.29 is 13.9 Å². The quantitative estimate of drug-likeness (QED) is 0.856. The van der Waals surface area contributed by atoms with Gasteiger partial charge in [-0.3, -0.25) is 4.79 Å². The lowest BCUT2D eigenvalue weighted by Gasteiger charge is -2.36. The van der Waals surface area contributed by atoms with Gasteiger partial charge in [0.2, 0.25) is 0 Å². The summed E-state index contributed by atoms with van der Waals surface area (Å²) in [4.78, 5) is 16.1. The maximum atomic E-state index is 13.9. The molecule has 1 aliphatic heterocycles. The van der Waals surface area contributed by atoms with Crippen LogP contribution >= 0.6 is 0 Å². The van der Waals surface area contributed by atoms with Gasteiger partial charge >= 0.3 is 0 Å². The second-order valence-electron chi connectivity index (χ2n) is 6.38. The van der Waals surface area contributed by atoms with Crippen LogP contribution in [-0.2, 0) is 4.79 Å². The first-order valence-corrected chi connectivity index (χ1v) is 8.52. The molecule has 132 valence electrons. The fourth-order valence-corrected chi connectivity index (χ4v) is 3.10. The summed E-state index contributed by atoms with van der Waals surface area (Å²) in [5.74, 6) is 0.484. The Hall–Kier alpha value is -2.56. The number of ether oxygens (including phenoxy) is 1. The van der Waals surface area contributed by atoms with Crippen molar-refractivity contribution in [3.05, 3.63) is 59.4 Å². The number of halogens is 1. The lowest BCUT2D eigenvalue weighted by atomic mass is 10.1. The first-order valence-electron chi connectivity index (χ1n) is 8.52. The minimum Gasteiger partial charge on any atom is -0.484 e. The van der Waals surface area contributed by atoms with Crippen LogP contribution in [0.2, 0.25) is 0 Å². The zero-order valence-corrected chi connectivity index (χ0v) is 14.7. The molecular weight excluding hydrogens is 319 g/mol. The molecule has 4 nitrogen and oxygen atoms in total. The Labute approximate surface area is 147 Å². The number of rotatable bonds is 4. The van der Waals surface area contributed by atoms with Gasteiger partial charge < -0.3 is 14.5 Å². The molecule has 1 aliphatic rings. The van der Waals surface area contributed by atoms with Crippen molar-refractivity contribution in [2.75, 3.05) is 37.7 Å². The van der Waals surface area contributed by atoms with Crippen LogP contribution in [0.25, 0.3) is 0 Å². The van der Waals surface area contributed by atoms with Gasteiger partial charge in [-0.2, -0.15) is 0 Å². The molecular formula is C20H23FN2O2. The average Bonchev–Trinajstić information content (AvgIpc) is 2.61. The zero-order valence-electron chi connectivity index (χ0n) is 14.7. The van der Waals surface area contributed by atoms with Crippen LogP contribution in [0.1, 0.15) is 11.1 Å². The van der Waals surface area contributed by atoms with Gasteiger partial charge in [0.05, 0.1) is 5.69 Å². The molecule has 5 heteroatoms. The van der Waals surface area contributed by atoms with Gasteiger partial charge in [0.1, 0.15) is 11.6 Å². The van der Waals surface area contributed by atoms with E-state index >= 15 is 0 Å². The van der Waals surface area contributed by atoms with Crippen LogP contribution in [0.3, 0.4) is 0 Å². The first-order chi connectivity index (χ1) is 12.0. The van der Waals surface area contributed by atoms with Gasteiger partial charge in [-0.1, -0.05) is 29.8 Å². The monoisotopic (exact) mass is 342 g/mol. The number of piperazine rings is 1. The maximum Gasteiger partial charge on any atom is 0.260 e. The number of benzene rings is 2. The second kappa shape index (κ2) is 7.55. The van der Waals surface area contributed by atoms with Gasteiger partial charge in [-0.15, -0.1) is 0 Å². The molecule has 0 radical (unpaired) electrons. The number of para-hydroxylation sites is 1. The normalized spacial score (nSPS) is 14.5. The number of aryl methyl sites for hydroxylation is 2. The summed E-state index contributed by atoms with van der Waals surface area (Å²) < 4.78 is 19.5. The molecule has 0 spiro atoms. The molecule has 1 heterocycles. The van der Waals surface area contributed by atoms with Gasteiger partial charge in [0.25, 0.3) is 5.91 Å². The van der Waals surface area contributed by atoms with E-state index in [0.29, 0.717) is 31.9 Å². The predicted molar refractivity (Wildman–Crippen MR) is 96.6 cm³/mol. The minimum atomic E-state index is -0.222. The summed E-state index contributed by atoms with van der Waals surface area (Å²) in [6, 6.07) is 12.7. The van der Waals surface area contributed by atoms with Gasteiger partial charge in [0.15, 0.2) is 6.61 Å². The van der Waals surface area contributed by atoms with E-state index in [0.717, 1.165) is 11.3 Å². The highest BCUT2D eigenvalue weighted by Crippen LogP contribution is 2.21. The van der Waals surface area contributed by atoms with Gasteiger partial charge in [-0.25, -0.2) is 4.39 Å². The fourth-order valence-electron chi connectivity index (χ4n) is 3.10. The van der Waals surface area contributed by atoms with Crippen LogP contribution in [0.15, 0.2) is 42.5 Å². The molecule has 2 aromatic carbocycles. The molecule has 25 heavy (non-hydrogen) atoms. The zero-order chi connectivity index (χ0) is 17.8. The third-order valence-corrected chi connectivity index (χ3v) is 4.51. The van der Waals surface area contributed by atoms with E-state index < -0.39 is 0 Å². The topological polar surface area (TPSA) is 32.8 Å². The van der Waals surface area contributed by atoms with Crippen LogP contribution in [-0.4, -0.2) is 43.6 Å². The van der Waals surface area contributed by atoms with Gasteiger partial charge in [-0.05, 0) is 37.6 Å². The number of hydrogen-bond acceptors (Lipinski definition) is 3. The summed E-state index contributed by atoms with van der Waals surface area (Å²) in [6.45, 7) is 6.42. The van der Waals surface area contributed by atoms with Crippen molar-refractivity contribution in [2.24, 2.45) is 0 Å². The Morgan fingerprint density at radius 3 is 2.48 bits per heavy atom. The van der Waals surface area contributed by atoms with Crippen molar-refractivity contribution >= 4 is 11.6 Å². The molecule has 1 saturated heterocycles. The standard InChI is InChI=1S/C20H23FN2O2/c1-15-7-8-19(16(2)13-15)25-14-20(24)23-11-9-22(10-12-23)18-6-4-3-5-17(18)21/h3-8,13H,9-12,14H2,1-2H3. The largest absolute Gasteiger partial charge is 0.484 e. The highest BCUT2D eigenvalue weighted by Gasteiger charge is 2.23. The Bertz CT molecular complexity index is 755. The number of carbonyl (C=O) groups excluding carboxylic acids is 1. The maximum absolute atomic E-state index is 13.9. The lowest BCUT2D eigenvalue weighted by molar-refractivity contribution is -0.133. The van der Waals surface area contributed by atoms with Crippen LogP contribution in [0.4, 0.5) is 10.1 Å². The molecule has 0 saturated carbocycles. The van der Waals surface area contributed by atoms with Crippen LogP contribution < -0.4 is 9.64 Å². The third kappa shape index (κ3) is 4.10. The van der Waals surface area contributed by atoms with Crippen LogP contribution in [0, 0.1) is 19.7 Å². The molecule has 1 amide bonds. The number of hydrogen-bond donors (Lipinski definition) is 0. The summed E-state index contributed by atoms with van der Waals surface area (Å²) in [7, 11) is 0. The van der Waals surface area contributed by atoms with Crippen molar-refractivity contribution in [1.82, 2.24) is 4.90 Å². The van der Waals surface area contributed by atoms with E-state index in [2.05, 4.69) is 0 Å². The Balaban J connectivity index is 1.52. The molecule has 2 aromatic rings. The molecule has 1 fully saturated rings. The molecule has 0 aromatic heterocycles. The van der Waals surface area contributed by atoms with E-state index in [9.17, 15) is 9.18 Å². The predicted octanol–water partition coefficient (Wildman–Crippen LogP) is 3.17. The molecule has 0 N–H and O–H groups in total. The van der Waals surface area contributed by atoms with Crippen molar-refractivity contribution in [3.63, 3.8) is 0 Å². The minimum absolute atomic E-state index is 0.0313. The number of anilines is 1. The lowest BCUT2D eigenvalue weighted by Crippen LogP contribution is -2.50. The first kappa shape index (κ1) is 17.3. The van der Waals surface area contributed by atoms with E-state index in [1.807, 2.05) is 43.0 Å². The fraction of sp³-hybridized carbons (Fsp3) is 0.350. The van der Waals surface area contributed by atoms with Crippen LogP contribution in [0.5, 0.6) is 5.75 Å². The summed E-state index contributed by atoms with van der Waals surface area (Å²) in [5, 5.41) is 0. The van der Waals surface area contributed by atoms with E-state index in [1.54, 1.807) is 17.0 Å². The van der Waals surface area contributed by atoms with E-state index in [4.69, 9.17) is 4.74 Å². The Kier molecular flexibility index (Phi) is 5.22. The third-order valence-electron chi connectivity index (χ3n) is 4.51. The van der Waals surface area contributed by atoms with Crippen molar-refractivity contribution in [3.8, 4) is 5.75 Å². The molecule has 0 bridgehead atoms. The summed E-state index contributed by atoms with van der Waals surface area (Å²) >= 11 is 0. The number of nitrogens with zero attached hydrogens (tertiary/aromatic N) is 2. The highest BCUT2D eigenvalue weighted by atomic mass is 19.1. The van der Waals surface area contributed by atoms with E-state index in [-0.39, 0.29) is 18.3 Å². The molecule has 0 aliphatic carbocycles. The Morgan fingerprint density at radius 2 is 1.80 bits per heavy atom. The van der Waals surface area contributed by atoms with Gasteiger partial charge in [0, 0.05) is 26.2 Å². The number of carbonyl (C=O) groups is 1. The highest BCUT2D eigenvalue weighted by molar-refractivity contribution is 5.78. The molecule has 0 unspecified atom stereocenters. The van der Waals surface area contributed by atoms with Crippen molar-refractivity contribution in [2.45, 2.75) is 13.8 Å². The van der Waals surface area contributed by atoms with Crippen molar-refractivity contribution in [1.29, 1.82) is 0 Å². The smallest absolute Gasteiger partial charge is 0.260 e. The SMILES string of the molecule is Cc1ccc(OCC(=O)N2CCN(c3ccccc3F)CC2)c(C)c1. The molecule has 3 rings (SSSR count). The second-order valence-corrected chi connectivity index (χ2v) is 6.38. The molecule has 0 atom stereocenters.